The molecule has 0 bridgehead atoms. The van der Waals surface area contributed by atoms with Gasteiger partial charge < -0.3 is 4.55 Å². The van der Waals surface area contributed by atoms with Gasteiger partial charge in [-0.1, -0.05) is 11.6 Å². The summed E-state index contributed by atoms with van der Waals surface area (Å²) in [5.74, 6) is 0. The van der Waals surface area contributed by atoms with Gasteiger partial charge in [0.25, 0.3) is 0 Å². The first kappa shape index (κ1) is 13.3. The van der Waals surface area contributed by atoms with E-state index in [1.165, 1.54) is 11.3 Å². The largest absolute Gasteiger partial charge is 0.598 e. The van der Waals surface area contributed by atoms with Crippen LogP contribution in [0.1, 0.15) is 38.7 Å². The van der Waals surface area contributed by atoms with Crippen LogP contribution in [-0.2, 0) is 11.4 Å². The van der Waals surface area contributed by atoms with E-state index in [2.05, 4.69) is 9.71 Å². The molecule has 0 aliphatic carbocycles. The number of halogens is 1. The lowest BCUT2D eigenvalue weighted by atomic mass is 10.3. The van der Waals surface area contributed by atoms with Crippen molar-refractivity contribution in [2.75, 3.05) is 0 Å². The summed E-state index contributed by atoms with van der Waals surface area (Å²) in [4.78, 5) is 4.13. The highest BCUT2D eigenvalue weighted by atomic mass is 35.5. The maximum atomic E-state index is 11.8. The molecule has 0 fully saturated rings. The zero-order chi connectivity index (χ0) is 11.6. The van der Waals surface area contributed by atoms with E-state index in [0.29, 0.717) is 5.15 Å². The second-order valence-corrected chi connectivity index (χ2v) is 7.50. The Morgan fingerprint density at radius 1 is 1.60 bits per heavy atom. The number of hydrogen-bond acceptors (Lipinski definition) is 4. The SMILES string of the molecule is C[C@H](N[S@@+]([O-])C(C)(C)C)c1nc(Cl)cs1. The highest BCUT2D eigenvalue weighted by molar-refractivity contribution is 7.90. The Kier molecular flexibility index (Phi) is 4.43. The Bertz CT molecular complexity index is 324. The summed E-state index contributed by atoms with van der Waals surface area (Å²) in [7, 11) is 0. The highest BCUT2D eigenvalue weighted by Gasteiger charge is 2.29. The summed E-state index contributed by atoms with van der Waals surface area (Å²) >= 11 is 6.11. The molecule has 15 heavy (non-hydrogen) atoms. The first-order valence-corrected chi connectivity index (χ1v) is 7.00. The smallest absolute Gasteiger partial charge is 0.140 e. The van der Waals surface area contributed by atoms with Crippen molar-refractivity contribution in [2.24, 2.45) is 0 Å². The molecule has 0 aliphatic heterocycles. The summed E-state index contributed by atoms with van der Waals surface area (Å²) in [5.41, 5.74) is 0. The highest BCUT2D eigenvalue weighted by Crippen LogP contribution is 2.23. The Labute approximate surface area is 103 Å². The normalized spacial score (nSPS) is 16.4. The van der Waals surface area contributed by atoms with Crippen molar-refractivity contribution in [2.45, 2.75) is 38.5 Å². The van der Waals surface area contributed by atoms with Crippen LogP contribution in [0.5, 0.6) is 0 Å². The molecule has 0 amide bonds. The predicted molar refractivity (Wildman–Crippen MR) is 66.6 cm³/mol. The van der Waals surface area contributed by atoms with E-state index in [0.717, 1.165) is 5.01 Å². The lowest BCUT2D eigenvalue weighted by molar-refractivity contribution is 0.531. The van der Waals surface area contributed by atoms with E-state index in [9.17, 15) is 4.55 Å². The standard InChI is InChI=1S/C9H15ClN2OS2/c1-6(8-11-7(10)5-14-8)12-15(13)9(2,3)4/h5-6,12H,1-4H3/t6-,15-/m0/s1. The van der Waals surface area contributed by atoms with Crippen LogP contribution in [0.25, 0.3) is 0 Å². The van der Waals surface area contributed by atoms with Gasteiger partial charge in [-0.05, 0) is 27.7 Å². The van der Waals surface area contributed by atoms with Crippen LogP contribution in [0.15, 0.2) is 5.38 Å². The average molecular weight is 267 g/mol. The molecule has 0 aliphatic rings. The third kappa shape index (κ3) is 3.92. The van der Waals surface area contributed by atoms with E-state index in [1.807, 2.05) is 27.7 Å². The van der Waals surface area contributed by atoms with Crippen LogP contribution in [0, 0.1) is 0 Å². The molecule has 1 aromatic heterocycles. The second-order valence-electron chi connectivity index (χ2n) is 4.23. The molecule has 0 unspecified atom stereocenters. The van der Waals surface area contributed by atoms with Crippen LogP contribution in [-0.4, -0.2) is 14.3 Å². The van der Waals surface area contributed by atoms with Gasteiger partial charge in [-0.25, -0.2) is 4.98 Å². The molecule has 0 saturated carbocycles. The van der Waals surface area contributed by atoms with Crippen LogP contribution in [0.3, 0.4) is 0 Å². The predicted octanol–water partition coefficient (Wildman–Crippen LogP) is 2.91. The lowest BCUT2D eigenvalue weighted by Gasteiger charge is -2.25. The molecular formula is C9H15ClN2OS2. The van der Waals surface area contributed by atoms with Crippen molar-refractivity contribution < 1.29 is 4.55 Å². The molecule has 86 valence electrons. The van der Waals surface area contributed by atoms with Gasteiger partial charge in [-0.3, -0.25) is 0 Å². The fourth-order valence-electron chi connectivity index (χ4n) is 0.854. The molecule has 3 nitrogen and oxygen atoms in total. The van der Waals surface area contributed by atoms with Crippen molar-refractivity contribution in [1.82, 2.24) is 9.71 Å². The molecule has 1 N–H and O–H groups in total. The Hall–Kier alpha value is 0.190. The fourth-order valence-corrected chi connectivity index (χ4v) is 2.67. The van der Waals surface area contributed by atoms with Crippen LogP contribution in [0.4, 0.5) is 0 Å². The number of nitrogens with zero attached hydrogens (tertiary/aromatic N) is 1. The molecule has 6 heteroatoms. The molecular weight excluding hydrogens is 252 g/mol. The summed E-state index contributed by atoms with van der Waals surface area (Å²) in [6.07, 6.45) is 0. The zero-order valence-corrected chi connectivity index (χ0v) is 11.6. The van der Waals surface area contributed by atoms with Crippen LogP contribution < -0.4 is 4.72 Å². The van der Waals surface area contributed by atoms with Crippen molar-refractivity contribution in [3.8, 4) is 0 Å². The minimum Gasteiger partial charge on any atom is -0.598 e. The molecule has 0 saturated heterocycles. The maximum absolute atomic E-state index is 11.8. The van der Waals surface area contributed by atoms with Gasteiger partial charge in [-0.2, -0.15) is 0 Å². The van der Waals surface area contributed by atoms with Crippen molar-refractivity contribution >= 4 is 34.3 Å². The third-order valence-electron chi connectivity index (χ3n) is 1.70. The number of nitrogens with one attached hydrogen (secondary N) is 1. The fraction of sp³-hybridized carbons (Fsp3) is 0.667. The van der Waals surface area contributed by atoms with Gasteiger partial charge in [0.05, 0.1) is 0 Å². The summed E-state index contributed by atoms with van der Waals surface area (Å²) in [6.45, 7) is 7.71. The third-order valence-corrected chi connectivity index (χ3v) is 4.73. The van der Waals surface area contributed by atoms with Crippen LogP contribution in [0.2, 0.25) is 5.15 Å². The summed E-state index contributed by atoms with van der Waals surface area (Å²) in [6, 6.07) is -0.0393. The first-order valence-electron chi connectivity index (χ1n) is 4.59. The first-order chi connectivity index (χ1) is 6.80. The van der Waals surface area contributed by atoms with Gasteiger partial charge in [0.1, 0.15) is 20.9 Å². The summed E-state index contributed by atoms with van der Waals surface area (Å²) < 4.78 is 14.5. The van der Waals surface area contributed by atoms with Gasteiger partial charge in [-0.15, -0.1) is 16.1 Å². The number of aromatic nitrogens is 1. The molecule has 2 atom stereocenters. The number of rotatable bonds is 3. The Morgan fingerprint density at radius 2 is 2.20 bits per heavy atom. The quantitative estimate of drug-likeness (QED) is 0.856. The topological polar surface area (TPSA) is 48.0 Å². The van der Waals surface area contributed by atoms with Gasteiger partial charge in [0.15, 0.2) is 0 Å². The van der Waals surface area contributed by atoms with E-state index >= 15 is 0 Å². The Morgan fingerprint density at radius 3 is 2.60 bits per heavy atom. The summed E-state index contributed by atoms with van der Waals surface area (Å²) in [5, 5.41) is 3.12. The van der Waals surface area contributed by atoms with Gasteiger partial charge in [0.2, 0.25) is 0 Å². The van der Waals surface area contributed by atoms with E-state index in [-0.39, 0.29) is 10.8 Å². The van der Waals surface area contributed by atoms with Gasteiger partial charge >= 0.3 is 0 Å². The van der Waals surface area contributed by atoms with Gasteiger partial charge in [0, 0.05) is 16.7 Å². The minimum absolute atomic E-state index is 0.0393. The zero-order valence-electron chi connectivity index (χ0n) is 9.20. The second kappa shape index (κ2) is 5.01. The molecule has 0 aromatic carbocycles. The molecule has 1 heterocycles. The molecule has 0 radical (unpaired) electrons. The van der Waals surface area contributed by atoms with Crippen molar-refractivity contribution in [3.63, 3.8) is 0 Å². The van der Waals surface area contributed by atoms with Crippen molar-refractivity contribution in [3.05, 3.63) is 15.5 Å². The average Bonchev–Trinajstić information content (AvgIpc) is 2.50. The van der Waals surface area contributed by atoms with E-state index in [1.54, 1.807) is 5.38 Å². The van der Waals surface area contributed by atoms with Crippen LogP contribution >= 0.6 is 22.9 Å². The number of thiazole rings is 1. The number of hydrogen-bond donors (Lipinski definition) is 1. The van der Waals surface area contributed by atoms with E-state index < -0.39 is 11.4 Å². The Balaban J connectivity index is 2.60. The lowest BCUT2D eigenvalue weighted by Crippen LogP contribution is -2.40. The van der Waals surface area contributed by atoms with E-state index in [4.69, 9.17) is 11.6 Å². The van der Waals surface area contributed by atoms with Crippen molar-refractivity contribution in [1.29, 1.82) is 0 Å². The molecule has 0 spiro atoms. The maximum Gasteiger partial charge on any atom is 0.140 e. The molecule has 1 rings (SSSR count). The minimum atomic E-state index is -1.09. The monoisotopic (exact) mass is 266 g/mol. The molecule has 1 aromatic rings.